The molecule has 0 radical (unpaired) electrons. The van der Waals surface area contributed by atoms with Gasteiger partial charge in [-0.15, -0.1) is 0 Å². The second-order valence-electron chi connectivity index (χ2n) is 4.42. The zero-order valence-corrected chi connectivity index (χ0v) is 10.6. The van der Waals surface area contributed by atoms with Crippen LogP contribution in [0.1, 0.15) is 19.9 Å². The number of pyridine rings is 1. The fraction of sp³-hybridized carbons (Fsp3) is 0.417. The van der Waals surface area contributed by atoms with Gasteiger partial charge in [0.25, 0.3) is 0 Å². The van der Waals surface area contributed by atoms with Crippen molar-refractivity contribution in [3.05, 3.63) is 18.5 Å². The average molecular weight is 248 g/mol. The van der Waals surface area contributed by atoms with Crippen molar-refractivity contribution in [1.29, 1.82) is 0 Å². The first-order chi connectivity index (χ1) is 8.56. The lowest BCUT2D eigenvalue weighted by molar-refractivity contribution is -0.145. The quantitative estimate of drug-likeness (QED) is 0.830. The first-order valence-electron chi connectivity index (χ1n) is 5.71. The summed E-state index contributed by atoms with van der Waals surface area (Å²) in [4.78, 5) is 20.1. The maximum Gasteiger partial charge on any atom is 0.329 e. The number of methoxy groups -OCH3 is 1. The van der Waals surface area contributed by atoms with Gasteiger partial charge in [-0.3, -0.25) is 9.55 Å². The number of aromatic nitrogens is 3. The Bertz CT molecular complexity index is 576. The van der Waals surface area contributed by atoms with Crippen LogP contribution in [-0.2, 0) is 9.53 Å². The van der Waals surface area contributed by atoms with E-state index in [9.17, 15) is 4.79 Å². The van der Waals surface area contributed by atoms with Crippen LogP contribution in [0, 0.1) is 5.92 Å². The number of carbonyl (C=O) groups excluding carboxylic acids is 1. The summed E-state index contributed by atoms with van der Waals surface area (Å²) in [5.41, 5.74) is 7.36. The van der Waals surface area contributed by atoms with Crippen molar-refractivity contribution in [3.8, 4) is 0 Å². The Hall–Kier alpha value is -2.11. The van der Waals surface area contributed by atoms with Crippen LogP contribution in [0.15, 0.2) is 18.5 Å². The number of ether oxygens (including phenoxy) is 1. The third kappa shape index (κ3) is 1.90. The van der Waals surface area contributed by atoms with Crippen LogP contribution in [0.3, 0.4) is 0 Å². The van der Waals surface area contributed by atoms with E-state index in [2.05, 4.69) is 9.97 Å². The third-order valence-corrected chi connectivity index (χ3v) is 2.87. The number of fused-ring (bicyclic) bond motifs is 1. The lowest BCUT2D eigenvalue weighted by atomic mass is 10.0. The molecule has 2 aromatic rings. The van der Waals surface area contributed by atoms with Gasteiger partial charge in [-0.25, -0.2) is 9.78 Å². The molecular weight excluding hydrogens is 232 g/mol. The van der Waals surface area contributed by atoms with Gasteiger partial charge in [0.05, 0.1) is 18.8 Å². The molecule has 0 aliphatic heterocycles. The first kappa shape index (κ1) is 12.3. The second-order valence-corrected chi connectivity index (χ2v) is 4.42. The van der Waals surface area contributed by atoms with E-state index < -0.39 is 6.04 Å². The van der Waals surface area contributed by atoms with Crippen molar-refractivity contribution in [1.82, 2.24) is 14.5 Å². The number of hydrogen-bond donors (Lipinski definition) is 1. The summed E-state index contributed by atoms with van der Waals surface area (Å²) >= 11 is 0. The van der Waals surface area contributed by atoms with Crippen molar-refractivity contribution in [2.75, 3.05) is 12.8 Å². The highest BCUT2D eigenvalue weighted by atomic mass is 16.5. The Morgan fingerprint density at radius 3 is 2.83 bits per heavy atom. The minimum Gasteiger partial charge on any atom is -0.467 e. The van der Waals surface area contributed by atoms with Crippen LogP contribution >= 0.6 is 0 Å². The molecule has 96 valence electrons. The maximum absolute atomic E-state index is 11.9. The summed E-state index contributed by atoms with van der Waals surface area (Å²) in [6.07, 6.45) is 3.27. The van der Waals surface area contributed by atoms with Gasteiger partial charge in [0, 0.05) is 6.20 Å². The molecule has 0 aromatic carbocycles. The number of nitrogens with two attached hydrogens (primary N) is 1. The number of anilines is 1. The molecule has 2 heterocycles. The predicted molar refractivity (Wildman–Crippen MR) is 67.8 cm³/mol. The molecule has 0 aliphatic carbocycles. The van der Waals surface area contributed by atoms with Crippen molar-refractivity contribution < 1.29 is 9.53 Å². The van der Waals surface area contributed by atoms with Crippen LogP contribution in [0.2, 0.25) is 0 Å². The molecule has 0 amide bonds. The fourth-order valence-corrected chi connectivity index (χ4v) is 2.06. The topological polar surface area (TPSA) is 83.0 Å². The van der Waals surface area contributed by atoms with Gasteiger partial charge < -0.3 is 10.5 Å². The molecule has 0 spiro atoms. The molecule has 2 N–H and O–H groups in total. The molecule has 0 aliphatic rings. The number of rotatable bonds is 3. The second kappa shape index (κ2) is 4.64. The van der Waals surface area contributed by atoms with E-state index in [1.165, 1.54) is 7.11 Å². The minimum absolute atomic E-state index is 0.0466. The van der Waals surface area contributed by atoms with Crippen molar-refractivity contribution >= 4 is 23.0 Å². The average Bonchev–Trinajstić information content (AvgIpc) is 2.66. The Labute approximate surface area is 105 Å². The smallest absolute Gasteiger partial charge is 0.329 e. The SMILES string of the molecule is COC(=O)C(C(C)C)n1c(N)nc2cnccc21. The molecule has 0 fully saturated rings. The summed E-state index contributed by atoms with van der Waals surface area (Å²) in [7, 11) is 1.37. The van der Waals surface area contributed by atoms with Crippen LogP contribution in [-0.4, -0.2) is 27.6 Å². The van der Waals surface area contributed by atoms with Crippen molar-refractivity contribution in [3.63, 3.8) is 0 Å². The molecule has 0 saturated carbocycles. The minimum atomic E-state index is -0.484. The molecule has 6 nitrogen and oxygen atoms in total. The van der Waals surface area contributed by atoms with Crippen molar-refractivity contribution in [2.45, 2.75) is 19.9 Å². The molecule has 0 bridgehead atoms. The largest absolute Gasteiger partial charge is 0.467 e. The van der Waals surface area contributed by atoms with Crippen LogP contribution in [0.4, 0.5) is 5.95 Å². The van der Waals surface area contributed by atoms with Crippen LogP contribution < -0.4 is 5.73 Å². The molecule has 2 aromatic heterocycles. The molecule has 6 heteroatoms. The van der Waals surface area contributed by atoms with Gasteiger partial charge in [-0.2, -0.15) is 0 Å². The number of carbonyl (C=O) groups is 1. The Morgan fingerprint density at radius 1 is 1.50 bits per heavy atom. The number of imidazole rings is 1. The number of nitrogen functional groups attached to an aromatic ring is 1. The molecular formula is C12H16N4O2. The lowest BCUT2D eigenvalue weighted by Crippen LogP contribution is -2.26. The van der Waals surface area contributed by atoms with Gasteiger partial charge in [-0.05, 0) is 12.0 Å². The van der Waals surface area contributed by atoms with Crippen molar-refractivity contribution in [2.24, 2.45) is 5.92 Å². The summed E-state index contributed by atoms with van der Waals surface area (Å²) in [6.45, 7) is 3.88. The zero-order valence-electron chi connectivity index (χ0n) is 10.6. The standard InChI is InChI=1S/C12H16N4O2/c1-7(2)10(11(17)18-3)16-9-4-5-14-6-8(9)15-12(16)13/h4-7,10H,1-3H3,(H2,13,15). The highest BCUT2D eigenvalue weighted by Crippen LogP contribution is 2.27. The summed E-state index contributed by atoms with van der Waals surface area (Å²) in [5.74, 6) is 0.0141. The van der Waals surface area contributed by atoms with E-state index in [-0.39, 0.29) is 11.9 Å². The normalized spacial score (nSPS) is 12.9. The van der Waals surface area contributed by atoms with Gasteiger partial charge in [0.2, 0.25) is 5.95 Å². The third-order valence-electron chi connectivity index (χ3n) is 2.87. The van der Waals surface area contributed by atoms with E-state index in [0.717, 1.165) is 5.52 Å². The van der Waals surface area contributed by atoms with Crippen LogP contribution in [0.25, 0.3) is 11.0 Å². The van der Waals surface area contributed by atoms with Gasteiger partial charge in [0.15, 0.2) is 0 Å². The number of nitrogens with zero attached hydrogens (tertiary/aromatic N) is 3. The number of esters is 1. The van der Waals surface area contributed by atoms with Crippen LogP contribution in [0.5, 0.6) is 0 Å². The Kier molecular flexibility index (Phi) is 3.18. The molecule has 1 unspecified atom stereocenters. The predicted octanol–water partition coefficient (Wildman–Crippen LogP) is 1.38. The first-order valence-corrected chi connectivity index (χ1v) is 5.71. The number of hydrogen-bond acceptors (Lipinski definition) is 5. The van der Waals surface area contributed by atoms with Gasteiger partial charge in [0.1, 0.15) is 11.6 Å². The fourth-order valence-electron chi connectivity index (χ4n) is 2.06. The molecule has 2 rings (SSSR count). The monoisotopic (exact) mass is 248 g/mol. The Balaban J connectivity index is 2.63. The van der Waals surface area contributed by atoms with E-state index >= 15 is 0 Å². The summed E-state index contributed by atoms with van der Waals surface area (Å²) < 4.78 is 6.54. The van der Waals surface area contributed by atoms with Gasteiger partial charge in [-0.1, -0.05) is 13.8 Å². The lowest BCUT2D eigenvalue weighted by Gasteiger charge is -2.21. The molecule has 1 atom stereocenters. The van der Waals surface area contributed by atoms with E-state index in [1.54, 1.807) is 23.0 Å². The zero-order chi connectivity index (χ0) is 13.3. The highest BCUT2D eigenvalue weighted by molar-refractivity contribution is 5.82. The summed E-state index contributed by atoms with van der Waals surface area (Å²) in [6, 6.07) is 1.30. The van der Waals surface area contributed by atoms with Gasteiger partial charge >= 0.3 is 5.97 Å². The summed E-state index contributed by atoms with van der Waals surface area (Å²) in [5, 5.41) is 0. The molecule has 18 heavy (non-hydrogen) atoms. The highest BCUT2D eigenvalue weighted by Gasteiger charge is 2.28. The van der Waals surface area contributed by atoms with E-state index in [1.807, 2.05) is 13.8 Å². The van der Waals surface area contributed by atoms with E-state index in [0.29, 0.717) is 11.5 Å². The Morgan fingerprint density at radius 2 is 2.22 bits per heavy atom. The maximum atomic E-state index is 11.9. The molecule has 0 saturated heterocycles. The van der Waals surface area contributed by atoms with E-state index in [4.69, 9.17) is 10.5 Å².